The highest BCUT2D eigenvalue weighted by atomic mass is 16.6. The van der Waals surface area contributed by atoms with E-state index < -0.39 is 6.10 Å². The van der Waals surface area contributed by atoms with Gasteiger partial charge in [-0.1, -0.05) is 279 Å². The van der Waals surface area contributed by atoms with Crippen LogP contribution in [0.15, 0.2) is 0 Å². The fourth-order valence-electron chi connectivity index (χ4n) is 8.70. The summed E-state index contributed by atoms with van der Waals surface area (Å²) in [6.07, 6.45) is 52.4. The van der Waals surface area contributed by atoms with Gasteiger partial charge in [0.1, 0.15) is 13.2 Å². The zero-order valence-electron chi connectivity index (χ0n) is 43.2. The van der Waals surface area contributed by atoms with E-state index in [2.05, 4.69) is 34.6 Å². The number of unbranched alkanes of at least 4 members (excludes halogenated alkanes) is 36. The highest BCUT2D eigenvalue weighted by Gasteiger charge is 2.19. The van der Waals surface area contributed by atoms with Crippen molar-refractivity contribution in [3.63, 3.8) is 0 Å². The van der Waals surface area contributed by atoms with Gasteiger partial charge in [0.2, 0.25) is 0 Å². The van der Waals surface area contributed by atoms with Crippen molar-refractivity contribution in [2.45, 2.75) is 323 Å². The van der Waals surface area contributed by atoms with Gasteiger partial charge in [-0.05, 0) is 31.1 Å². The molecule has 0 aliphatic rings. The monoisotopic (exact) mass is 891 g/mol. The van der Waals surface area contributed by atoms with E-state index in [-0.39, 0.29) is 31.1 Å². The summed E-state index contributed by atoms with van der Waals surface area (Å²) in [4.78, 5) is 38.0. The van der Waals surface area contributed by atoms with Crippen molar-refractivity contribution in [2.24, 2.45) is 11.8 Å². The van der Waals surface area contributed by atoms with Crippen molar-refractivity contribution in [2.75, 3.05) is 13.2 Å². The Hall–Kier alpha value is -1.59. The minimum atomic E-state index is -0.762. The molecule has 0 rings (SSSR count). The zero-order valence-corrected chi connectivity index (χ0v) is 43.2. The highest BCUT2D eigenvalue weighted by Crippen LogP contribution is 2.18. The lowest BCUT2D eigenvalue weighted by Crippen LogP contribution is -2.30. The summed E-state index contributed by atoms with van der Waals surface area (Å²) < 4.78 is 16.8. The number of carbonyl (C=O) groups excluding carboxylic acids is 3. The molecule has 6 heteroatoms. The predicted octanol–water partition coefficient (Wildman–Crippen LogP) is 18.5. The Morgan fingerprint density at radius 1 is 0.302 bits per heavy atom. The van der Waals surface area contributed by atoms with Crippen molar-refractivity contribution < 1.29 is 28.6 Å². The largest absolute Gasteiger partial charge is 0.462 e. The molecule has 0 spiro atoms. The lowest BCUT2D eigenvalue weighted by atomic mass is 10.0. The molecule has 1 atom stereocenters. The van der Waals surface area contributed by atoms with Gasteiger partial charge in [-0.2, -0.15) is 0 Å². The molecule has 0 amide bonds. The van der Waals surface area contributed by atoms with E-state index in [0.717, 1.165) is 69.6 Å². The van der Waals surface area contributed by atoms with Crippen LogP contribution in [0.3, 0.4) is 0 Å². The molecule has 0 fully saturated rings. The van der Waals surface area contributed by atoms with E-state index in [0.29, 0.717) is 19.3 Å². The van der Waals surface area contributed by atoms with Crippen LogP contribution < -0.4 is 0 Å². The van der Waals surface area contributed by atoms with Gasteiger partial charge in [-0.15, -0.1) is 0 Å². The fraction of sp³-hybridized carbons (Fsp3) is 0.947. The molecule has 0 aliphatic heterocycles. The van der Waals surface area contributed by atoms with Crippen molar-refractivity contribution in [1.29, 1.82) is 0 Å². The smallest absolute Gasteiger partial charge is 0.306 e. The lowest BCUT2D eigenvalue weighted by Gasteiger charge is -2.18. The van der Waals surface area contributed by atoms with E-state index in [4.69, 9.17) is 14.2 Å². The Balaban J connectivity index is 4.21. The maximum absolute atomic E-state index is 12.8. The first-order valence-electron chi connectivity index (χ1n) is 28.2. The molecule has 0 saturated carbocycles. The minimum Gasteiger partial charge on any atom is -0.462 e. The molecule has 0 N–H and O–H groups in total. The van der Waals surface area contributed by atoms with Crippen molar-refractivity contribution >= 4 is 17.9 Å². The van der Waals surface area contributed by atoms with Crippen LogP contribution >= 0.6 is 0 Å². The van der Waals surface area contributed by atoms with Crippen LogP contribution in [-0.2, 0) is 28.6 Å². The van der Waals surface area contributed by atoms with E-state index in [1.54, 1.807) is 0 Å². The number of hydrogen-bond donors (Lipinski definition) is 0. The SMILES string of the molecule is CCCCCCCCCCCCCC(=O)OC[C@H](COC(=O)CCCCCCCCCCCCCCCCCCCCC(C)C)OC(=O)CCCCCCCCCCCCC(C)C. The highest BCUT2D eigenvalue weighted by molar-refractivity contribution is 5.71. The third-order valence-corrected chi connectivity index (χ3v) is 13.0. The van der Waals surface area contributed by atoms with Gasteiger partial charge < -0.3 is 14.2 Å². The molecule has 0 aromatic heterocycles. The van der Waals surface area contributed by atoms with Gasteiger partial charge in [0, 0.05) is 19.3 Å². The van der Waals surface area contributed by atoms with Crippen molar-refractivity contribution in [1.82, 2.24) is 0 Å². The number of ether oxygens (including phenoxy) is 3. The zero-order chi connectivity index (χ0) is 46.1. The predicted molar refractivity (Wildman–Crippen MR) is 270 cm³/mol. The van der Waals surface area contributed by atoms with Crippen LogP contribution in [0.1, 0.15) is 317 Å². The first-order valence-corrected chi connectivity index (χ1v) is 28.2. The quantitative estimate of drug-likeness (QED) is 0.0344. The maximum Gasteiger partial charge on any atom is 0.306 e. The molecule has 0 aromatic carbocycles. The normalized spacial score (nSPS) is 12.0. The average molecular weight is 892 g/mol. The molecule has 0 bridgehead atoms. The second kappa shape index (κ2) is 49.8. The van der Waals surface area contributed by atoms with Gasteiger partial charge >= 0.3 is 17.9 Å². The molecule has 374 valence electrons. The summed E-state index contributed by atoms with van der Waals surface area (Å²) in [5.41, 5.74) is 0. The van der Waals surface area contributed by atoms with E-state index >= 15 is 0 Å². The third kappa shape index (κ3) is 51.3. The topological polar surface area (TPSA) is 78.9 Å². The van der Waals surface area contributed by atoms with Crippen LogP contribution in [0, 0.1) is 11.8 Å². The minimum absolute atomic E-state index is 0.0630. The second-order valence-electron chi connectivity index (χ2n) is 20.5. The summed E-state index contributed by atoms with van der Waals surface area (Å²) in [6.45, 7) is 11.4. The number of hydrogen-bond acceptors (Lipinski definition) is 6. The number of esters is 3. The first kappa shape index (κ1) is 61.4. The molecular weight excluding hydrogens is 781 g/mol. The third-order valence-electron chi connectivity index (χ3n) is 13.0. The molecule has 0 heterocycles. The van der Waals surface area contributed by atoms with Crippen molar-refractivity contribution in [3.05, 3.63) is 0 Å². The fourth-order valence-corrected chi connectivity index (χ4v) is 8.70. The first-order chi connectivity index (χ1) is 30.7. The van der Waals surface area contributed by atoms with Crippen LogP contribution in [0.25, 0.3) is 0 Å². The van der Waals surface area contributed by atoms with E-state index in [1.165, 1.54) is 205 Å². The van der Waals surface area contributed by atoms with Crippen LogP contribution in [-0.4, -0.2) is 37.2 Å². The molecule has 0 aromatic rings. The standard InChI is InChI=1S/C57H110O6/c1-6-7-8-9-10-11-20-27-32-37-42-47-55(58)61-50-54(63-57(60)49-44-39-34-29-24-23-26-31-36-41-46-53(4)5)51-62-56(59)48-43-38-33-28-22-19-17-15-13-12-14-16-18-21-25-30-35-40-45-52(2)3/h52-54H,6-51H2,1-5H3/t54-/m1/s1. The lowest BCUT2D eigenvalue weighted by molar-refractivity contribution is -0.167. The van der Waals surface area contributed by atoms with E-state index in [9.17, 15) is 14.4 Å². The molecule has 0 radical (unpaired) electrons. The Morgan fingerprint density at radius 3 is 0.778 bits per heavy atom. The molecule has 0 saturated heterocycles. The van der Waals surface area contributed by atoms with Gasteiger partial charge in [0.05, 0.1) is 0 Å². The molecule has 0 aliphatic carbocycles. The number of carbonyl (C=O) groups is 3. The van der Waals surface area contributed by atoms with Gasteiger partial charge in [-0.25, -0.2) is 0 Å². The second-order valence-corrected chi connectivity index (χ2v) is 20.5. The van der Waals surface area contributed by atoms with Crippen LogP contribution in [0.5, 0.6) is 0 Å². The van der Waals surface area contributed by atoms with Gasteiger partial charge in [0.15, 0.2) is 6.10 Å². The molecule has 63 heavy (non-hydrogen) atoms. The average Bonchev–Trinajstić information content (AvgIpc) is 3.25. The molecule has 6 nitrogen and oxygen atoms in total. The summed E-state index contributed by atoms with van der Waals surface area (Å²) in [5.74, 6) is 0.832. The van der Waals surface area contributed by atoms with Gasteiger partial charge in [-0.3, -0.25) is 14.4 Å². The van der Waals surface area contributed by atoms with Crippen LogP contribution in [0.4, 0.5) is 0 Å². The van der Waals surface area contributed by atoms with Crippen LogP contribution in [0.2, 0.25) is 0 Å². The molecule has 0 unspecified atom stereocenters. The van der Waals surface area contributed by atoms with Crippen molar-refractivity contribution in [3.8, 4) is 0 Å². The maximum atomic E-state index is 12.8. The Labute approximate surface area is 393 Å². The molecular formula is C57H110O6. The Kier molecular flexibility index (Phi) is 48.6. The number of rotatable bonds is 51. The summed E-state index contributed by atoms with van der Waals surface area (Å²) in [7, 11) is 0. The summed E-state index contributed by atoms with van der Waals surface area (Å²) in [5, 5.41) is 0. The van der Waals surface area contributed by atoms with Gasteiger partial charge in [0.25, 0.3) is 0 Å². The Bertz CT molecular complexity index is 962. The summed E-state index contributed by atoms with van der Waals surface area (Å²) in [6, 6.07) is 0. The van der Waals surface area contributed by atoms with E-state index in [1.807, 2.05) is 0 Å². The Morgan fingerprint density at radius 2 is 0.524 bits per heavy atom. The summed E-state index contributed by atoms with van der Waals surface area (Å²) >= 11 is 0.